The number of carbonyl (C=O) groups is 2. The Labute approximate surface area is 314 Å². The van der Waals surface area contributed by atoms with Gasteiger partial charge in [-0.25, -0.2) is 4.79 Å². The average Bonchev–Trinajstić information content (AvgIpc) is 3.14. The van der Waals surface area contributed by atoms with Crippen LogP contribution >= 0.6 is 0 Å². The number of aliphatic hydroxyl groups is 1. The van der Waals surface area contributed by atoms with Crippen LogP contribution in [0.25, 0.3) is 11.1 Å². The highest BCUT2D eigenvalue weighted by molar-refractivity contribution is 6.00. The third-order valence-corrected chi connectivity index (χ3v) is 8.94. The number of benzene rings is 3. The van der Waals surface area contributed by atoms with Crippen LogP contribution in [0.4, 0.5) is 10.5 Å². The molecule has 1 heterocycles. The lowest BCUT2D eigenvalue weighted by Gasteiger charge is -2.26. The molecule has 1 aliphatic rings. The molecule has 1 fully saturated rings. The molecular weight excluding hydrogens is 668 g/mol. The fourth-order valence-electron chi connectivity index (χ4n) is 6.17. The zero-order chi connectivity index (χ0) is 38.4. The van der Waals surface area contributed by atoms with Crippen molar-refractivity contribution < 1.29 is 28.9 Å². The van der Waals surface area contributed by atoms with E-state index < -0.39 is 11.7 Å². The van der Waals surface area contributed by atoms with Gasteiger partial charge in [0.2, 0.25) is 5.91 Å². The van der Waals surface area contributed by atoms with Crippen molar-refractivity contribution in [3.05, 3.63) is 107 Å². The number of ether oxygens (including phenoxy) is 3. The lowest BCUT2D eigenvalue weighted by Crippen LogP contribution is -2.39. The van der Waals surface area contributed by atoms with Gasteiger partial charge in [0.05, 0.1) is 13.2 Å². The Hall–Kier alpha value is -4.93. The summed E-state index contributed by atoms with van der Waals surface area (Å²) in [6.07, 6.45) is 7.75. The Kier molecular flexibility index (Phi) is 15.2. The second-order valence-electron chi connectivity index (χ2n) is 14.2. The predicted molar refractivity (Wildman–Crippen MR) is 213 cm³/mol. The van der Waals surface area contributed by atoms with Crippen molar-refractivity contribution in [1.82, 2.24) is 9.80 Å². The standard InChI is InChI=1S/C43H56N4O6/c1-7-36(37-14-9-8-13-31(37)2)41(33-19-22-38(34(29-33)30-44)45-39-15-10-11-27-52-39)32-17-20-35(21-18-32)51-28-25-47(42(50)53-43(3,4)5)23-12-16-40(49)46(6)24-26-48/h8-9,12-14,16-22,29-30,39,44-45,48H,7,10-11,15,23-28H2,1-6H3/b16-12+,41-36+,44-30?. The Morgan fingerprint density at radius 1 is 1.04 bits per heavy atom. The highest BCUT2D eigenvalue weighted by atomic mass is 16.6. The summed E-state index contributed by atoms with van der Waals surface area (Å²) in [5, 5.41) is 20.9. The van der Waals surface area contributed by atoms with Crippen molar-refractivity contribution in [2.75, 3.05) is 51.8 Å². The summed E-state index contributed by atoms with van der Waals surface area (Å²) in [5.41, 5.74) is 7.66. The Bertz CT molecular complexity index is 1740. The van der Waals surface area contributed by atoms with Gasteiger partial charge >= 0.3 is 6.09 Å². The van der Waals surface area contributed by atoms with Crippen LogP contribution in [0.5, 0.6) is 5.75 Å². The van der Waals surface area contributed by atoms with Crippen molar-refractivity contribution in [2.24, 2.45) is 0 Å². The van der Waals surface area contributed by atoms with E-state index >= 15 is 0 Å². The topological polar surface area (TPSA) is 124 Å². The van der Waals surface area contributed by atoms with Crippen molar-refractivity contribution in [2.45, 2.75) is 72.1 Å². The molecule has 0 aliphatic carbocycles. The highest BCUT2D eigenvalue weighted by Gasteiger charge is 2.22. The first-order chi connectivity index (χ1) is 25.4. The third-order valence-electron chi connectivity index (χ3n) is 8.94. The first-order valence-corrected chi connectivity index (χ1v) is 18.5. The van der Waals surface area contributed by atoms with Gasteiger partial charge < -0.3 is 39.8 Å². The number of hydrogen-bond acceptors (Lipinski definition) is 8. The van der Waals surface area contributed by atoms with E-state index in [9.17, 15) is 9.59 Å². The van der Waals surface area contributed by atoms with E-state index in [1.54, 1.807) is 33.9 Å². The van der Waals surface area contributed by atoms with Gasteiger partial charge in [0, 0.05) is 50.3 Å². The number of hydrogen-bond donors (Lipinski definition) is 3. The van der Waals surface area contributed by atoms with Gasteiger partial charge in [-0.15, -0.1) is 0 Å². The summed E-state index contributed by atoms with van der Waals surface area (Å²) < 4.78 is 17.7. The molecule has 1 saturated heterocycles. The molecule has 2 amide bonds. The molecule has 1 aliphatic heterocycles. The summed E-state index contributed by atoms with van der Waals surface area (Å²) in [6, 6.07) is 22.6. The zero-order valence-corrected chi connectivity index (χ0v) is 32.1. The van der Waals surface area contributed by atoms with E-state index in [4.69, 9.17) is 24.7 Å². The number of nitrogens with one attached hydrogen (secondary N) is 2. The molecule has 3 aromatic carbocycles. The van der Waals surface area contributed by atoms with Crippen LogP contribution in [-0.2, 0) is 14.3 Å². The Balaban J connectivity index is 1.58. The number of likely N-dealkylation sites (N-methyl/N-ethyl adjacent to an activating group) is 1. The molecule has 3 N–H and O–H groups in total. The van der Waals surface area contributed by atoms with Gasteiger partial charge in [-0.05, 0) is 111 Å². The maximum absolute atomic E-state index is 13.0. The molecule has 284 valence electrons. The molecule has 53 heavy (non-hydrogen) atoms. The maximum Gasteiger partial charge on any atom is 0.410 e. The fraction of sp³-hybridized carbons (Fsp3) is 0.419. The highest BCUT2D eigenvalue weighted by Crippen LogP contribution is 2.37. The number of rotatable bonds is 16. The molecular formula is C43H56N4O6. The fourth-order valence-corrected chi connectivity index (χ4v) is 6.17. The van der Waals surface area contributed by atoms with E-state index in [1.807, 2.05) is 30.3 Å². The molecule has 1 unspecified atom stereocenters. The summed E-state index contributed by atoms with van der Waals surface area (Å²) >= 11 is 0. The first kappa shape index (κ1) is 40.8. The van der Waals surface area contributed by atoms with Crippen LogP contribution in [0.3, 0.4) is 0 Å². The quantitative estimate of drug-likeness (QED) is 0.0779. The molecule has 10 nitrogen and oxygen atoms in total. The molecule has 0 saturated carbocycles. The van der Waals surface area contributed by atoms with E-state index in [0.29, 0.717) is 5.75 Å². The number of anilines is 1. The van der Waals surface area contributed by atoms with Crippen molar-refractivity contribution in [1.29, 1.82) is 5.41 Å². The second-order valence-corrected chi connectivity index (χ2v) is 14.2. The number of nitrogens with zero attached hydrogens (tertiary/aromatic N) is 2. The van der Waals surface area contributed by atoms with Crippen molar-refractivity contribution in [3.8, 4) is 5.75 Å². The van der Waals surface area contributed by atoms with E-state index in [0.717, 1.165) is 60.2 Å². The van der Waals surface area contributed by atoms with E-state index in [-0.39, 0.29) is 45.0 Å². The minimum atomic E-state index is -0.687. The van der Waals surface area contributed by atoms with Gasteiger partial charge in [0.25, 0.3) is 0 Å². The zero-order valence-electron chi connectivity index (χ0n) is 32.1. The molecule has 10 heteroatoms. The number of allylic oxidation sites excluding steroid dienone is 1. The molecule has 0 spiro atoms. The molecule has 3 aromatic rings. The summed E-state index contributed by atoms with van der Waals surface area (Å²) in [4.78, 5) is 28.2. The lowest BCUT2D eigenvalue weighted by molar-refractivity contribution is -0.125. The molecule has 0 aromatic heterocycles. The SMILES string of the molecule is CC/C(=C(/c1ccc(OCCN(C/C=C/C(=O)N(C)CCO)C(=O)OC(C)(C)C)cc1)c1ccc(NC2CCCCO2)c(C=N)c1)c1ccccc1C. The van der Waals surface area contributed by atoms with Crippen LogP contribution in [-0.4, -0.2) is 91.5 Å². The summed E-state index contributed by atoms with van der Waals surface area (Å²) in [7, 11) is 1.60. The predicted octanol–water partition coefficient (Wildman–Crippen LogP) is 7.92. The average molecular weight is 725 g/mol. The largest absolute Gasteiger partial charge is 0.492 e. The number of amides is 2. The van der Waals surface area contributed by atoms with Gasteiger partial charge in [0.15, 0.2) is 0 Å². The monoisotopic (exact) mass is 724 g/mol. The third kappa shape index (κ3) is 12.1. The van der Waals surface area contributed by atoms with Crippen LogP contribution in [0.2, 0.25) is 0 Å². The van der Waals surface area contributed by atoms with Crippen molar-refractivity contribution in [3.63, 3.8) is 0 Å². The molecule has 0 bridgehead atoms. The minimum absolute atomic E-state index is 0.0599. The van der Waals surface area contributed by atoms with Crippen LogP contribution in [0.1, 0.15) is 81.2 Å². The lowest BCUT2D eigenvalue weighted by atomic mass is 9.86. The maximum atomic E-state index is 13.0. The van der Waals surface area contributed by atoms with Crippen LogP contribution in [0, 0.1) is 12.3 Å². The van der Waals surface area contributed by atoms with Crippen LogP contribution in [0.15, 0.2) is 78.9 Å². The van der Waals surface area contributed by atoms with Gasteiger partial charge in [-0.3, -0.25) is 4.79 Å². The van der Waals surface area contributed by atoms with E-state index in [2.05, 4.69) is 55.6 Å². The Morgan fingerprint density at radius 2 is 1.77 bits per heavy atom. The number of aliphatic hydroxyl groups excluding tert-OH is 1. The van der Waals surface area contributed by atoms with Crippen LogP contribution < -0.4 is 10.1 Å². The smallest absolute Gasteiger partial charge is 0.410 e. The van der Waals surface area contributed by atoms with Gasteiger partial charge in [-0.2, -0.15) is 0 Å². The Morgan fingerprint density at radius 3 is 2.42 bits per heavy atom. The van der Waals surface area contributed by atoms with Gasteiger partial charge in [0.1, 0.15) is 24.2 Å². The summed E-state index contributed by atoms with van der Waals surface area (Å²) in [6.45, 7) is 11.1. The molecule has 0 radical (unpaired) electrons. The molecule has 1 atom stereocenters. The number of aryl methyl sites for hydroxylation is 1. The summed E-state index contributed by atoms with van der Waals surface area (Å²) in [5.74, 6) is 0.382. The number of carbonyl (C=O) groups excluding carboxylic acids is 2. The minimum Gasteiger partial charge on any atom is -0.492 e. The second kappa shape index (κ2) is 19.8. The van der Waals surface area contributed by atoms with Crippen molar-refractivity contribution >= 4 is 35.0 Å². The first-order valence-electron chi connectivity index (χ1n) is 18.5. The molecule has 4 rings (SSSR count). The van der Waals surface area contributed by atoms with E-state index in [1.165, 1.54) is 38.8 Å². The van der Waals surface area contributed by atoms with Gasteiger partial charge in [-0.1, -0.05) is 55.5 Å². The normalized spacial score (nSPS) is 15.0.